The lowest BCUT2D eigenvalue weighted by Gasteiger charge is -2.28. The third-order valence-corrected chi connectivity index (χ3v) is 5.92. The summed E-state index contributed by atoms with van der Waals surface area (Å²) in [6, 6.07) is 23.9. The van der Waals surface area contributed by atoms with Crippen molar-refractivity contribution in [3.8, 4) is 11.1 Å². The summed E-state index contributed by atoms with van der Waals surface area (Å²) < 4.78 is 0. The topological polar surface area (TPSA) is 62.3 Å². The molecule has 5 nitrogen and oxygen atoms in total. The molecule has 5 heteroatoms. The molecule has 2 amide bonds. The monoisotopic (exact) mass is 413 g/mol. The Morgan fingerprint density at radius 3 is 2.52 bits per heavy atom. The quantitative estimate of drug-likeness (QED) is 0.665. The predicted molar refractivity (Wildman–Crippen MR) is 121 cm³/mol. The van der Waals surface area contributed by atoms with Crippen molar-refractivity contribution in [1.29, 1.82) is 0 Å². The highest BCUT2D eigenvalue weighted by Crippen LogP contribution is 2.36. The molecule has 0 spiro atoms. The van der Waals surface area contributed by atoms with Crippen molar-refractivity contribution in [3.63, 3.8) is 0 Å². The van der Waals surface area contributed by atoms with Crippen LogP contribution in [0.2, 0.25) is 0 Å². The Balaban J connectivity index is 1.59. The smallest absolute Gasteiger partial charge is 0.272 e. The fourth-order valence-corrected chi connectivity index (χ4v) is 4.34. The van der Waals surface area contributed by atoms with Crippen molar-refractivity contribution in [2.24, 2.45) is 5.41 Å². The molecule has 0 aliphatic carbocycles. The van der Waals surface area contributed by atoms with Gasteiger partial charge >= 0.3 is 0 Å². The zero-order valence-electron chi connectivity index (χ0n) is 17.8. The first-order chi connectivity index (χ1) is 15.1. The number of likely N-dealkylation sites (tertiary alicyclic amines) is 1. The van der Waals surface area contributed by atoms with Gasteiger partial charge in [-0.2, -0.15) is 0 Å². The summed E-state index contributed by atoms with van der Waals surface area (Å²) in [5, 5.41) is 3.00. The molecule has 3 aromatic rings. The second-order valence-corrected chi connectivity index (χ2v) is 8.07. The summed E-state index contributed by atoms with van der Waals surface area (Å²) in [4.78, 5) is 32.1. The number of benzene rings is 2. The van der Waals surface area contributed by atoms with E-state index in [2.05, 4.69) is 40.6 Å². The van der Waals surface area contributed by atoms with Crippen molar-refractivity contribution in [3.05, 3.63) is 90.3 Å². The van der Waals surface area contributed by atoms with E-state index in [1.54, 1.807) is 23.2 Å². The summed E-state index contributed by atoms with van der Waals surface area (Å²) in [6.45, 7) is 3.43. The summed E-state index contributed by atoms with van der Waals surface area (Å²) in [6.07, 6.45) is 2.84. The van der Waals surface area contributed by atoms with Crippen LogP contribution in [-0.2, 0) is 11.2 Å². The molecular formula is C26H27N3O2. The lowest BCUT2D eigenvalue weighted by atomic mass is 9.79. The minimum Gasteiger partial charge on any atom is -0.356 e. The van der Waals surface area contributed by atoms with Crippen LogP contribution in [0.25, 0.3) is 11.1 Å². The molecule has 1 fully saturated rings. The van der Waals surface area contributed by atoms with Crippen molar-refractivity contribution < 1.29 is 9.59 Å². The molecule has 1 aromatic heterocycles. The maximum atomic E-state index is 13.2. The molecule has 158 valence electrons. The average Bonchev–Trinajstić information content (AvgIpc) is 3.25. The lowest BCUT2D eigenvalue weighted by Crippen LogP contribution is -2.45. The molecule has 2 heterocycles. The van der Waals surface area contributed by atoms with Crippen molar-refractivity contribution in [2.75, 3.05) is 19.6 Å². The third kappa shape index (κ3) is 4.50. The van der Waals surface area contributed by atoms with E-state index in [1.165, 1.54) is 0 Å². The van der Waals surface area contributed by atoms with E-state index in [-0.39, 0.29) is 11.8 Å². The number of rotatable bonds is 6. The van der Waals surface area contributed by atoms with Crippen molar-refractivity contribution >= 4 is 11.8 Å². The van der Waals surface area contributed by atoms with E-state index in [4.69, 9.17) is 0 Å². The van der Waals surface area contributed by atoms with Crippen molar-refractivity contribution in [1.82, 2.24) is 15.2 Å². The van der Waals surface area contributed by atoms with Crippen LogP contribution in [-0.4, -0.2) is 41.3 Å². The van der Waals surface area contributed by atoms with Gasteiger partial charge in [0, 0.05) is 25.8 Å². The van der Waals surface area contributed by atoms with Gasteiger partial charge in [-0.1, -0.05) is 60.7 Å². The zero-order chi connectivity index (χ0) is 21.7. The lowest BCUT2D eigenvalue weighted by molar-refractivity contribution is -0.130. The molecule has 1 aliphatic heterocycles. The molecule has 0 saturated carbocycles. The maximum Gasteiger partial charge on any atom is 0.272 e. The summed E-state index contributed by atoms with van der Waals surface area (Å²) in [5.41, 5.74) is 3.15. The van der Waals surface area contributed by atoms with E-state index in [0.717, 1.165) is 16.7 Å². The Morgan fingerprint density at radius 1 is 1.00 bits per heavy atom. The number of carbonyl (C=O) groups excluding carboxylic acids is 2. The minimum atomic E-state index is -0.643. The van der Waals surface area contributed by atoms with Gasteiger partial charge in [0.05, 0.1) is 5.41 Å². The van der Waals surface area contributed by atoms with E-state index in [0.29, 0.717) is 38.2 Å². The summed E-state index contributed by atoms with van der Waals surface area (Å²) in [5.74, 6) is -0.110. The first-order valence-electron chi connectivity index (χ1n) is 10.7. The van der Waals surface area contributed by atoms with E-state index in [1.807, 2.05) is 37.3 Å². The SMILES string of the molecule is CCNC(=O)C1(Cc2cccc(-c3ccccc3)c2)CCN(C(=O)c2ccccn2)C1. The second kappa shape index (κ2) is 9.13. The zero-order valence-corrected chi connectivity index (χ0v) is 17.8. The molecule has 31 heavy (non-hydrogen) atoms. The number of nitrogens with one attached hydrogen (secondary N) is 1. The Labute approximate surface area is 183 Å². The third-order valence-electron chi connectivity index (χ3n) is 5.92. The van der Waals surface area contributed by atoms with E-state index < -0.39 is 5.41 Å². The number of amides is 2. The van der Waals surface area contributed by atoms with Gasteiger partial charge in [-0.3, -0.25) is 14.6 Å². The van der Waals surface area contributed by atoms with Gasteiger partial charge in [-0.25, -0.2) is 0 Å². The van der Waals surface area contributed by atoms with Gasteiger partial charge in [0.2, 0.25) is 5.91 Å². The van der Waals surface area contributed by atoms with Gasteiger partial charge in [0.15, 0.2) is 0 Å². The Morgan fingerprint density at radius 2 is 1.77 bits per heavy atom. The van der Waals surface area contributed by atoms with Crippen LogP contribution < -0.4 is 5.32 Å². The fraction of sp³-hybridized carbons (Fsp3) is 0.269. The highest BCUT2D eigenvalue weighted by atomic mass is 16.2. The highest BCUT2D eigenvalue weighted by Gasteiger charge is 2.46. The second-order valence-electron chi connectivity index (χ2n) is 8.07. The predicted octanol–water partition coefficient (Wildman–Crippen LogP) is 3.96. The van der Waals surface area contributed by atoms with Crippen LogP contribution in [0, 0.1) is 5.41 Å². The van der Waals surface area contributed by atoms with Gasteiger partial charge < -0.3 is 10.2 Å². The Kier molecular flexibility index (Phi) is 6.12. The Hall–Kier alpha value is -3.47. The van der Waals surface area contributed by atoms with Crippen LogP contribution in [0.5, 0.6) is 0 Å². The number of pyridine rings is 1. The van der Waals surface area contributed by atoms with Gasteiger partial charge in [0.25, 0.3) is 5.91 Å². The molecule has 1 unspecified atom stereocenters. The molecule has 0 bridgehead atoms. The molecule has 1 aliphatic rings. The summed E-state index contributed by atoms with van der Waals surface area (Å²) in [7, 11) is 0. The van der Waals surface area contributed by atoms with Crippen LogP contribution in [0.1, 0.15) is 29.4 Å². The van der Waals surface area contributed by atoms with Crippen molar-refractivity contribution in [2.45, 2.75) is 19.8 Å². The molecule has 2 aromatic carbocycles. The number of carbonyl (C=O) groups is 2. The van der Waals surface area contributed by atoms with Crippen LogP contribution in [0.4, 0.5) is 0 Å². The Bertz CT molecular complexity index is 1050. The van der Waals surface area contributed by atoms with Crippen LogP contribution in [0.15, 0.2) is 79.0 Å². The van der Waals surface area contributed by atoms with Gasteiger partial charge in [0.1, 0.15) is 5.69 Å². The van der Waals surface area contributed by atoms with Crippen LogP contribution in [0.3, 0.4) is 0 Å². The summed E-state index contributed by atoms with van der Waals surface area (Å²) >= 11 is 0. The number of nitrogens with zero attached hydrogens (tertiary/aromatic N) is 2. The number of hydrogen-bond donors (Lipinski definition) is 1. The highest BCUT2D eigenvalue weighted by molar-refractivity contribution is 5.93. The number of aromatic nitrogens is 1. The first-order valence-corrected chi connectivity index (χ1v) is 10.7. The molecule has 1 atom stereocenters. The molecule has 1 saturated heterocycles. The normalized spacial score (nSPS) is 18.0. The van der Waals surface area contributed by atoms with Gasteiger partial charge in [-0.05, 0) is 48.6 Å². The van der Waals surface area contributed by atoms with E-state index in [9.17, 15) is 9.59 Å². The molecule has 4 rings (SSSR count). The largest absolute Gasteiger partial charge is 0.356 e. The van der Waals surface area contributed by atoms with Gasteiger partial charge in [-0.15, -0.1) is 0 Å². The fourth-order valence-electron chi connectivity index (χ4n) is 4.34. The molecular weight excluding hydrogens is 386 g/mol. The van der Waals surface area contributed by atoms with E-state index >= 15 is 0 Å². The average molecular weight is 414 g/mol. The molecule has 1 N–H and O–H groups in total. The maximum absolute atomic E-state index is 13.2. The standard InChI is InChI=1S/C26H27N3O2/c1-2-27-25(31)26(14-16-29(19-26)24(30)23-13-6-7-15-28-23)18-20-9-8-12-22(17-20)21-10-4-3-5-11-21/h3-13,15,17H,2,14,16,18-19H2,1H3,(H,27,31). The van der Waals surface area contributed by atoms with Crippen LogP contribution >= 0.6 is 0 Å². The number of hydrogen-bond acceptors (Lipinski definition) is 3. The first kappa shape index (κ1) is 20.8. The molecule has 0 radical (unpaired) electrons. The minimum absolute atomic E-state index is 0.0106.